The molecule has 166 valence electrons. The molecule has 0 spiro atoms. The number of halogens is 1. The molecule has 1 atom stereocenters. The molecule has 0 N–H and O–H groups in total. The van der Waals surface area contributed by atoms with Gasteiger partial charge in [0.15, 0.2) is 0 Å². The van der Waals surface area contributed by atoms with Gasteiger partial charge in [-0.3, -0.25) is 9.59 Å². The van der Waals surface area contributed by atoms with Crippen molar-refractivity contribution >= 4 is 34.8 Å². The number of fused-ring (bicyclic) bond motifs is 1. The maximum atomic E-state index is 13.4. The van der Waals surface area contributed by atoms with Crippen LogP contribution in [-0.4, -0.2) is 47.4 Å². The molecule has 2 amide bonds. The summed E-state index contributed by atoms with van der Waals surface area (Å²) >= 11 is 7.71. The molecular weight excluding hydrogens is 432 g/mol. The number of ether oxygens (including phenoxy) is 1. The SMILES string of the molecule is CC(C)CC(=O)N(CC(=O)N1CCc2sccc2[C@H]1COc1ccc(Cl)cc1)C1CC1. The normalized spacial score (nSPS) is 18.1. The Morgan fingerprint density at radius 2 is 1.97 bits per heavy atom. The quantitative estimate of drug-likeness (QED) is 0.560. The van der Waals surface area contributed by atoms with Gasteiger partial charge in [0.25, 0.3) is 0 Å². The van der Waals surface area contributed by atoms with Gasteiger partial charge in [0, 0.05) is 28.9 Å². The zero-order chi connectivity index (χ0) is 22.0. The van der Waals surface area contributed by atoms with Crippen molar-refractivity contribution in [1.29, 1.82) is 0 Å². The molecule has 1 saturated carbocycles. The molecule has 1 fully saturated rings. The molecular formula is C24H29ClN2O3S. The van der Waals surface area contributed by atoms with Crippen molar-refractivity contribution in [3.05, 3.63) is 51.2 Å². The van der Waals surface area contributed by atoms with Crippen LogP contribution in [0.15, 0.2) is 35.7 Å². The Morgan fingerprint density at radius 1 is 1.23 bits per heavy atom. The van der Waals surface area contributed by atoms with Crippen molar-refractivity contribution in [2.45, 2.75) is 51.6 Å². The van der Waals surface area contributed by atoms with Gasteiger partial charge in [-0.25, -0.2) is 0 Å². The zero-order valence-electron chi connectivity index (χ0n) is 18.1. The van der Waals surface area contributed by atoms with Crippen LogP contribution in [0.1, 0.15) is 49.6 Å². The third-order valence-electron chi connectivity index (χ3n) is 5.83. The maximum absolute atomic E-state index is 13.4. The van der Waals surface area contributed by atoms with Gasteiger partial charge in [-0.05, 0) is 66.5 Å². The number of thiophene rings is 1. The van der Waals surface area contributed by atoms with Crippen molar-refractivity contribution in [2.24, 2.45) is 5.92 Å². The second kappa shape index (κ2) is 9.61. The minimum Gasteiger partial charge on any atom is -0.491 e. The van der Waals surface area contributed by atoms with Crippen LogP contribution in [-0.2, 0) is 16.0 Å². The Balaban J connectivity index is 1.48. The molecule has 1 aliphatic carbocycles. The fourth-order valence-electron chi connectivity index (χ4n) is 4.09. The van der Waals surface area contributed by atoms with E-state index in [1.54, 1.807) is 23.5 Å². The highest BCUT2D eigenvalue weighted by atomic mass is 35.5. The van der Waals surface area contributed by atoms with E-state index in [4.69, 9.17) is 16.3 Å². The second-order valence-electron chi connectivity index (χ2n) is 8.77. The molecule has 7 heteroatoms. The highest BCUT2D eigenvalue weighted by Gasteiger charge is 2.37. The van der Waals surface area contributed by atoms with Crippen LogP contribution < -0.4 is 4.74 Å². The van der Waals surface area contributed by atoms with E-state index in [0.717, 1.165) is 30.6 Å². The zero-order valence-corrected chi connectivity index (χ0v) is 19.6. The lowest BCUT2D eigenvalue weighted by Crippen LogP contribution is -2.48. The summed E-state index contributed by atoms with van der Waals surface area (Å²) in [5.74, 6) is 1.11. The Hall–Kier alpha value is -2.05. The number of benzene rings is 1. The van der Waals surface area contributed by atoms with E-state index >= 15 is 0 Å². The van der Waals surface area contributed by atoms with E-state index in [1.807, 2.05) is 35.8 Å². The van der Waals surface area contributed by atoms with Gasteiger partial charge in [-0.1, -0.05) is 25.4 Å². The lowest BCUT2D eigenvalue weighted by Gasteiger charge is -2.37. The van der Waals surface area contributed by atoms with E-state index in [9.17, 15) is 9.59 Å². The number of nitrogens with zero attached hydrogens (tertiary/aromatic N) is 2. The standard InChI is InChI=1S/C24H29ClN2O3S/c1-16(2)13-23(28)27(18-5-6-18)14-24(29)26-11-9-22-20(10-12-31-22)21(26)15-30-19-7-3-17(25)4-8-19/h3-4,7-8,10,12,16,18,21H,5-6,9,11,13-15H2,1-2H3/t21-/m1/s1. The van der Waals surface area contributed by atoms with Gasteiger partial charge in [0.1, 0.15) is 18.9 Å². The van der Waals surface area contributed by atoms with Gasteiger partial charge in [0.05, 0.1) is 6.04 Å². The van der Waals surface area contributed by atoms with E-state index in [0.29, 0.717) is 24.6 Å². The summed E-state index contributed by atoms with van der Waals surface area (Å²) < 4.78 is 6.04. The van der Waals surface area contributed by atoms with Gasteiger partial charge in [-0.2, -0.15) is 0 Å². The van der Waals surface area contributed by atoms with Crippen LogP contribution in [0.25, 0.3) is 0 Å². The van der Waals surface area contributed by atoms with Crippen LogP contribution in [0.5, 0.6) is 5.75 Å². The summed E-state index contributed by atoms with van der Waals surface area (Å²) in [6.07, 6.45) is 3.32. The topological polar surface area (TPSA) is 49.9 Å². The fraction of sp³-hybridized carbons (Fsp3) is 0.500. The summed E-state index contributed by atoms with van der Waals surface area (Å²) in [6, 6.07) is 9.43. The van der Waals surface area contributed by atoms with E-state index in [1.165, 1.54) is 4.88 Å². The summed E-state index contributed by atoms with van der Waals surface area (Å²) in [6.45, 7) is 5.26. The van der Waals surface area contributed by atoms with Crippen LogP contribution in [0, 0.1) is 5.92 Å². The van der Waals surface area contributed by atoms with Gasteiger partial charge in [0.2, 0.25) is 11.8 Å². The highest BCUT2D eigenvalue weighted by molar-refractivity contribution is 7.10. The van der Waals surface area contributed by atoms with Crippen molar-refractivity contribution in [3.8, 4) is 5.75 Å². The number of amides is 2. The summed E-state index contributed by atoms with van der Waals surface area (Å²) in [7, 11) is 0. The van der Waals surface area contributed by atoms with Crippen molar-refractivity contribution in [1.82, 2.24) is 9.80 Å². The molecule has 4 rings (SSSR count). The smallest absolute Gasteiger partial charge is 0.242 e. The molecule has 0 unspecified atom stereocenters. The Morgan fingerprint density at radius 3 is 2.65 bits per heavy atom. The molecule has 0 saturated heterocycles. The Labute approximate surface area is 192 Å². The van der Waals surface area contributed by atoms with Crippen molar-refractivity contribution in [3.63, 3.8) is 0 Å². The average molecular weight is 461 g/mol. The van der Waals surface area contributed by atoms with Crippen LogP contribution >= 0.6 is 22.9 Å². The highest BCUT2D eigenvalue weighted by Crippen LogP contribution is 2.35. The number of carbonyl (C=O) groups is 2. The first-order valence-corrected chi connectivity index (χ1v) is 12.2. The third kappa shape index (κ3) is 5.42. The Kier molecular flexibility index (Phi) is 6.87. The van der Waals surface area contributed by atoms with Crippen LogP contribution in [0.4, 0.5) is 0 Å². The predicted octanol–water partition coefficient (Wildman–Crippen LogP) is 4.94. The van der Waals surface area contributed by atoms with Crippen molar-refractivity contribution in [2.75, 3.05) is 19.7 Å². The number of hydrogen-bond donors (Lipinski definition) is 0. The second-order valence-corrected chi connectivity index (χ2v) is 10.2. The molecule has 1 aliphatic heterocycles. The van der Waals surface area contributed by atoms with Crippen molar-refractivity contribution < 1.29 is 14.3 Å². The van der Waals surface area contributed by atoms with Crippen LogP contribution in [0.2, 0.25) is 5.02 Å². The molecule has 1 aromatic heterocycles. The summed E-state index contributed by atoms with van der Waals surface area (Å²) in [5, 5.41) is 2.74. The fourth-order valence-corrected chi connectivity index (χ4v) is 5.14. The van der Waals surface area contributed by atoms with E-state index < -0.39 is 0 Å². The molecule has 5 nitrogen and oxygen atoms in total. The lowest BCUT2D eigenvalue weighted by atomic mass is 10.00. The molecule has 0 radical (unpaired) electrons. The number of hydrogen-bond acceptors (Lipinski definition) is 4. The molecule has 2 aliphatic rings. The van der Waals surface area contributed by atoms with E-state index in [-0.39, 0.29) is 36.4 Å². The van der Waals surface area contributed by atoms with Gasteiger partial charge in [-0.15, -0.1) is 11.3 Å². The number of carbonyl (C=O) groups excluding carboxylic acids is 2. The average Bonchev–Trinajstić information content (AvgIpc) is 3.46. The van der Waals surface area contributed by atoms with Gasteiger partial charge >= 0.3 is 0 Å². The van der Waals surface area contributed by atoms with Gasteiger partial charge < -0.3 is 14.5 Å². The predicted molar refractivity (Wildman–Crippen MR) is 124 cm³/mol. The minimum absolute atomic E-state index is 0.00515. The van der Waals surface area contributed by atoms with E-state index in [2.05, 4.69) is 11.4 Å². The monoisotopic (exact) mass is 460 g/mol. The first kappa shape index (κ1) is 22.2. The summed E-state index contributed by atoms with van der Waals surface area (Å²) in [4.78, 5) is 31.2. The minimum atomic E-state index is -0.153. The molecule has 1 aromatic carbocycles. The summed E-state index contributed by atoms with van der Waals surface area (Å²) in [5.41, 5.74) is 1.16. The largest absolute Gasteiger partial charge is 0.491 e. The molecule has 31 heavy (non-hydrogen) atoms. The first-order chi connectivity index (χ1) is 14.9. The molecule has 2 aromatic rings. The third-order valence-corrected chi connectivity index (χ3v) is 7.08. The van der Waals surface area contributed by atoms with Crippen LogP contribution in [0.3, 0.4) is 0 Å². The first-order valence-electron chi connectivity index (χ1n) is 11.0. The Bertz CT molecular complexity index is 923. The lowest BCUT2D eigenvalue weighted by molar-refractivity contribution is -0.143. The maximum Gasteiger partial charge on any atom is 0.242 e. The molecule has 2 heterocycles. The molecule has 0 bridgehead atoms. The number of rotatable bonds is 8.